The summed E-state index contributed by atoms with van der Waals surface area (Å²) in [6.45, 7) is 13.1. The minimum Gasteiger partial charge on any atom is -0.357 e. The summed E-state index contributed by atoms with van der Waals surface area (Å²) in [5.74, 6) is 2.67. The summed E-state index contributed by atoms with van der Waals surface area (Å²) in [7, 11) is 2.20. The molecule has 1 aliphatic heterocycles. The van der Waals surface area contributed by atoms with Crippen LogP contribution in [-0.4, -0.2) is 87.2 Å². The molecule has 1 fully saturated rings. The summed E-state index contributed by atoms with van der Waals surface area (Å²) < 4.78 is 0. The first-order valence-electron chi connectivity index (χ1n) is 8.07. The number of thioether (sulfide) groups is 1. The molecule has 5 nitrogen and oxygen atoms in total. The maximum absolute atomic E-state index is 4.71. The lowest BCUT2D eigenvalue weighted by molar-refractivity contribution is 0.140. The van der Waals surface area contributed by atoms with E-state index in [9.17, 15) is 0 Å². The van der Waals surface area contributed by atoms with Crippen molar-refractivity contribution in [2.45, 2.75) is 13.8 Å². The average Bonchev–Trinajstić information content (AvgIpc) is 2.47. The highest BCUT2D eigenvalue weighted by atomic mass is 127. The molecule has 0 bridgehead atoms. The first-order valence-corrected chi connectivity index (χ1v) is 9.47. The van der Waals surface area contributed by atoms with Gasteiger partial charge in [-0.3, -0.25) is 4.99 Å². The standard InChI is InChI=1S/C15H33N5S.HI/c1-5-16-15(17-6-11-21-4)18-12-14(2)13-20-9-7-19(3)8-10-20;/h14H,5-13H2,1-4H3,(H2,16,17,18);1H. The van der Waals surface area contributed by atoms with Crippen molar-refractivity contribution in [3.05, 3.63) is 0 Å². The quantitative estimate of drug-likeness (QED) is 0.257. The van der Waals surface area contributed by atoms with Gasteiger partial charge >= 0.3 is 0 Å². The van der Waals surface area contributed by atoms with Gasteiger partial charge in [0.05, 0.1) is 0 Å². The van der Waals surface area contributed by atoms with E-state index in [2.05, 4.69) is 47.6 Å². The van der Waals surface area contributed by atoms with Crippen molar-refractivity contribution in [1.82, 2.24) is 20.4 Å². The van der Waals surface area contributed by atoms with Crippen LogP contribution in [0.1, 0.15) is 13.8 Å². The number of likely N-dealkylation sites (N-methyl/N-ethyl adjacent to an activating group) is 1. The molecule has 0 aromatic rings. The summed E-state index contributed by atoms with van der Waals surface area (Å²) >= 11 is 1.85. The van der Waals surface area contributed by atoms with Crippen molar-refractivity contribution in [1.29, 1.82) is 0 Å². The van der Waals surface area contributed by atoms with Gasteiger partial charge in [0, 0.05) is 58.1 Å². The third-order valence-corrected chi connectivity index (χ3v) is 4.28. The van der Waals surface area contributed by atoms with Crippen molar-refractivity contribution in [2.75, 3.05) is 71.4 Å². The summed E-state index contributed by atoms with van der Waals surface area (Å²) in [6.07, 6.45) is 2.13. The third kappa shape index (κ3) is 10.1. The van der Waals surface area contributed by atoms with Gasteiger partial charge in [-0.2, -0.15) is 11.8 Å². The van der Waals surface area contributed by atoms with Gasteiger partial charge in [-0.15, -0.1) is 24.0 Å². The number of piperazine rings is 1. The zero-order valence-corrected chi connectivity index (χ0v) is 17.7. The molecule has 132 valence electrons. The molecule has 1 unspecified atom stereocenters. The summed E-state index contributed by atoms with van der Waals surface area (Å²) in [4.78, 5) is 9.68. The highest BCUT2D eigenvalue weighted by Gasteiger charge is 2.15. The number of hydrogen-bond acceptors (Lipinski definition) is 4. The number of halogens is 1. The van der Waals surface area contributed by atoms with Crippen LogP contribution in [-0.2, 0) is 0 Å². The Morgan fingerprint density at radius 3 is 2.50 bits per heavy atom. The maximum atomic E-state index is 4.71. The lowest BCUT2D eigenvalue weighted by atomic mass is 10.1. The molecule has 7 heteroatoms. The van der Waals surface area contributed by atoms with Crippen molar-refractivity contribution in [3.8, 4) is 0 Å². The Bertz CT molecular complexity index is 296. The normalized spacial score (nSPS) is 18.6. The molecule has 1 aliphatic rings. The Labute approximate surface area is 158 Å². The van der Waals surface area contributed by atoms with E-state index in [1.165, 1.54) is 26.2 Å². The fraction of sp³-hybridized carbons (Fsp3) is 0.933. The molecular formula is C15H34IN5S. The molecule has 1 heterocycles. The van der Waals surface area contributed by atoms with Gasteiger partial charge in [0.15, 0.2) is 5.96 Å². The second-order valence-electron chi connectivity index (χ2n) is 5.85. The second kappa shape index (κ2) is 13.7. The van der Waals surface area contributed by atoms with Crippen molar-refractivity contribution >= 4 is 41.7 Å². The fourth-order valence-corrected chi connectivity index (χ4v) is 2.70. The van der Waals surface area contributed by atoms with E-state index in [-0.39, 0.29) is 24.0 Å². The highest BCUT2D eigenvalue weighted by molar-refractivity contribution is 14.0. The summed E-state index contributed by atoms with van der Waals surface area (Å²) in [5, 5.41) is 6.70. The molecule has 0 aliphatic carbocycles. The Kier molecular flexibility index (Phi) is 13.9. The van der Waals surface area contributed by atoms with Crippen molar-refractivity contribution < 1.29 is 0 Å². The van der Waals surface area contributed by atoms with Crippen molar-refractivity contribution in [3.63, 3.8) is 0 Å². The maximum Gasteiger partial charge on any atom is 0.191 e. The van der Waals surface area contributed by atoms with Gasteiger partial charge in [0.2, 0.25) is 0 Å². The Morgan fingerprint density at radius 2 is 1.91 bits per heavy atom. The number of nitrogens with one attached hydrogen (secondary N) is 2. The van der Waals surface area contributed by atoms with Crippen LogP contribution in [0.2, 0.25) is 0 Å². The van der Waals surface area contributed by atoms with Crippen LogP contribution in [0.5, 0.6) is 0 Å². The number of guanidine groups is 1. The van der Waals surface area contributed by atoms with Crippen LogP contribution in [0.25, 0.3) is 0 Å². The second-order valence-corrected chi connectivity index (χ2v) is 6.83. The molecular weight excluding hydrogens is 409 g/mol. The first kappa shape index (κ1) is 22.3. The van der Waals surface area contributed by atoms with E-state index in [1.807, 2.05) is 11.8 Å². The van der Waals surface area contributed by atoms with E-state index < -0.39 is 0 Å². The van der Waals surface area contributed by atoms with Crippen LogP contribution in [0.4, 0.5) is 0 Å². The third-order valence-electron chi connectivity index (χ3n) is 3.67. The predicted molar refractivity (Wildman–Crippen MR) is 111 cm³/mol. The van der Waals surface area contributed by atoms with Gasteiger partial charge in [0.25, 0.3) is 0 Å². The van der Waals surface area contributed by atoms with E-state index in [1.54, 1.807) is 0 Å². The molecule has 1 saturated heterocycles. The van der Waals surface area contributed by atoms with Gasteiger partial charge in [0.1, 0.15) is 0 Å². The van der Waals surface area contributed by atoms with Crippen LogP contribution in [0.3, 0.4) is 0 Å². The molecule has 1 atom stereocenters. The average molecular weight is 443 g/mol. The highest BCUT2D eigenvalue weighted by Crippen LogP contribution is 2.05. The largest absolute Gasteiger partial charge is 0.357 e. The number of nitrogens with zero attached hydrogens (tertiary/aromatic N) is 3. The lowest BCUT2D eigenvalue weighted by Crippen LogP contribution is -2.46. The zero-order valence-electron chi connectivity index (χ0n) is 14.6. The minimum absolute atomic E-state index is 0. The topological polar surface area (TPSA) is 42.9 Å². The van der Waals surface area contributed by atoms with E-state index in [0.717, 1.165) is 37.9 Å². The van der Waals surface area contributed by atoms with Crippen LogP contribution >= 0.6 is 35.7 Å². The van der Waals surface area contributed by atoms with E-state index in [4.69, 9.17) is 4.99 Å². The molecule has 0 aromatic carbocycles. The predicted octanol–water partition coefficient (Wildman–Crippen LogP) is 1.41. The smallest absolute Gasteiger partial charge is 0.191 e. The van der Waals surface area contributed by atoms with E-state index >= 15 is 0 Å². The van der Waals surface area contributed by atoms with Crippen LogP contribution in [0.15, 0.2) is 4.99 Å². The van der Waals surface area contributed by atoms with Crippen molar-refractivity contribution in [2.24, 2.45) is 10.9 Å². The molecule has 0 aromatic heterocycles. The van der Waals surface area contributed by atoms with E-state index in [0.29, 0.717) is 5.92 Å². The van der Waals surface area contributed by atoms with Crippen LogP contribution in [0, 0.1) is 5.92 Å². The SMILES string of the molecule is CCNC(=NCC(C)CN1CCN(C)CC1)NCCSC.I. The number of aliphatic imine (C=N–C) groups is 1. The number of hydrogen-bond donors (Lipinski definition) is 2. The van der Waals surface area contributed by atoms with Crippen LogP contribution < -0.4 is 10.6 Å². The summed E-state index contributed by atoms with van der Waals surface area (Å²) in [6, 6.07) is 0. The Morgan fingerprint density at radius 1 is 1.23 bits per heavy atom. The molecule has 0 amide bonds. The summed E-state index contributed by atoms with van der Waals surface area (Å²) in [5.41, 5.74) is 0. The van der Waals surface area contributed by atoms with Gasteiger partial charge in [-0.25, -0.2) is 0 Å². The molecule has 1 rings (SSSR count). The van der Waals surface area contributed by atoms with Gasteiger partial charge < -0.3 is 20.4 Å². The lowest BCUT2D eigenvalue weighted by Gasteiger charge is -2.33. The zero-order chi connectivity index (χ0) is 15.5. The first-order chi connectivity index (χ1) is 10.2. The molecule has 0 saturated carbocycles. The Hall–Kier alpha value is 0.270. The fourth-order valence-electron chi connectivity index (χ4n) is 2.39. The Balaban J connectivity index is 0.00000441. The molecule has 0 radical (unpaired) electrons. The monoisotopic (exact) mass is 443 g/mol. The van der Waals surface area contributed by atoms with Gasteiger partial charge in [-0.1, -0.05) is 6.92 Å². The molecule has 22 heavy (non-hydrogen) atoms. The van der Waals surface area contributed by atoms with Gasteiger partial charge in [-0.05, 0) is 26.1 Å². The minimum atomic E-state index is 0. The number of rotatable bonds is 8. The molecule has 0 spiro atoms. The molecule has 2 N–H and O–H groups in total.